The van der Waals surface area contributed by atoms with Gasteiger partial charge in [0.15, 0.2) is 11.4 Å². The first kappa shape index (κ1) is 12.4. The first-order chi connectivity index (χ1) is 9.66. The zero-order valence-corrected chi connectivity index (χ0v) is 10.7. The molecule has 1 aromatic carbocycles. The number of hydrogen-bond acceptors (Lipinski definition) is 4. The van der Waals surface area contributed by atoms with E-state index in [0.29, 0.717) is 19.6 Å². The van der Waals surface area contributed by atoms with Gasteiger partial charge in [-0.1, -0.05) is 30.3 Å². The van der Waals surface area contributed by atoms with Gasteiger partial charge in [-0.3, -0.25) is 14.3 Å². The summed E-state index contributed by atoms with van der Waals surface area (Å²) in [6.45, 7) is 1.40. The van der Waals surface area contributed by atoms with Crippen LogP contribution in [-0.2, 0) is 13.1 Å². The molecule has 1 aromatic heterocycles. The monoisotopic (exact) mass is 271 g/mol. The van der Waals surface area contributed by atoms with Crippen LogP contribution in [0, 0.1) is 0 Å². The van der Waals surface area contributed by atoms with E-state index in [1.54, 1.807) is 4.90 Å². The molecule has 0 radical (unpaired) electrons. The van der Waals surface area contributed by atoms with Gasteiger partial charge in [0.25, 0.3) is 5.91 Å². The fourth-order valence-corrected chi connectivity index (χ4v) is 2.28. The summed E-state index contributed by atoms with van der Waals surface area (Å²) >= 11 is 0. The van der Waals surface area contributed by atoms with Crippen molar-refractivity contribution < 1.29 is 9.90 Å². The second kappa shape index (κ2) is 4.80. The fourth-order valence-electron chi connectivity index (χ4n) is 2.28. The van der Waals surface area contributed by atoms with E-state index in [2.05, 4.69) is 5.10 Å². The predicted molar refractivity (Wildman–Crippen MR) is 71.3 cm³/mol. The number of carbonyl (C=O) groups excluding carboxylic acids is 1. The van der Waals surface area contributed by atoms with Crippen LogP contribution < -0.4 is 5.43 Å². The summed E-state index contributed by atoms with van der Waals surface area (Å²) in [6.07, 6.45) is 1.03. The predicted octanol–water partition coefficient (Wildman–Crippen LogP) is 0.605. The number of aromatic nitrogens is 2. The molecule has 0 bridgehead atoms. The van der Waals surface area contributed by atoms with Gasteiger partial charge < -0.3 is 10.0 Å². The van der Waals surface area contributed by atoms with Crippen molar-refractivity contribution in [1.29, 1.82) is 0 Å². The Morgan fingerprint density at radius 2 is 1.90 bits per heavy atom. The highest BCUT2D eigenvalue weighted by Gasteiger charge is 2.28. The number of hydrogen-bond donors (Lipinski definition) is 1. The summed E-state index contributed by atoms with van der Waals surface area (Å²) in [5.74, 6) is -0.898. The van der Waals surface area contributed by atoms with Crippen LogP contribution in [0.25, 0.3) is 0 Å². The van der Waals surface area contributed by atoms with E-state index < -0.39 is 11.2 Å². The molecule has 0 spiro atoms. The van der Waals surface area contributed by atoms with Gasteiger partial charge in [0.2, 0.25) is 5.43 Å². The van der Waals surface area contributed by atoms with E-state index in [0.717, 1.165) is 11.8 Å². The summed E-state index contributed by atoms with van der Waals surface area (Å²) in [6, 6.07) is 9.57. The van der Waals surface area contributed by atoms with Crippen LogP contribution in [0.3, 0.4) is 0 Å². The van der Waals surface area contributed by atoms with Gasteiger partial charge >= 0.3 is 0 Å². The lowest BCUT2D eigenvalue weighted by atomic mass is 10.2. The van der Waals surface area contributed by atoms with Crippen molar-refractivity contribution in [2.75, 3.05) is 6.54 Å². The van der Waals surface area contributed by atoms with Gasteiger partial charge in [-0.05, 0) is 5.56 Å². The third-order valence-electron chi connectivity index (χ3n) is 3.32. The van der Waals surface area contributed by atoms with Gasteiger partial charge in [-0.2, -0.15) is 5.10 Å². The van der Waals surface area contributed by atoms with Gasteiger partial charge in [-0.25, -0.2) is 0 Å². The molecule has 1 aliphatic rings. The third-order valence-corrected chi connectivity index (χ3v) is 3.32. The largest absolute Gasteiger partial charge is 0.502 e. The first-order valence-corrected chi connectivity index (χ1v) is 6.29. The first-order valence-electron chi connectivity index (χ1n) is 6.29. The molecule has 6 nitrogen and oxygen atoms in total. The Morgan fingerprint density at radius 1 is 1.15 bits per heavy atom. The second-order valence-corrected chi connectivity index (χ2v) is 4.64. The Balaban J connectivity index is 1.93. The quantitative estimate of drug-likeness (QED) is 0.868. The number of aromatic hydroxyl groups is 1. The molecule has 0 aliphatic carbocycles. The molecule has 20 heavy (non-hydrogen) atoms. The van der Waals surface area contributed by atoms with Crippen molar-refractivity contribution in [1.82, 2.24) is 14.7 Å². The number of fused-ring (bicyclic) bond motifs is 1. The average molecular weight is 271 g/mol. The Bertz CT molecular complexity index is 709. The SMILES string of the molecule is O=C1c2c(O)c(=O)cnn2CCN1Cc1ccccc1. The van der Waals surface area contributed by atoms with Crippen molar-refractivity contribution in [3.05, 3.63) is 58.0 Å². The van der Waals surface area contributed by atoms with Crippen molar-refractivity contribution in [3.63, 3.8) is 0 Å². The Morgan fingerprint density at radius 3 is 2.65 bits per heavy atom. The van der Waals surface area contributed by atoms with E-state index in [9.17, 15) is 14.7 Å². The lowest BCUT2D eigenvalue weighted by Gasteiger charge is -2.29. The molecule has 6 heteroatoms. The van der Waals surface area contributed by atoms with E-state index >= 15 is 0 Å². The molecule has 2 aromatic rings. The van der Waals surface area contributed by atoms with Gasteiger partial charge in [0, 0.05) is 13.1 Å². The summed E-state index contributed by atoms with van der Waals surface area (Å²) in [7, 11) is 0. The molecule has 2 heterocycles. The minimum absolute atomic E-state index is 0.0281. The van der Waals surface area contributed by atoms with E-state index in [1.807, 2.05) is 30.3 Å². The lowest BCUT2D eigenvalue weighted by Crippen LogP contribution is -2.41. The number of carbonyl (C=O) groups is 1. The van der Waals surface area contributed by atoms with Gasteiger partial charge in [0.05, 0.1) is 12.7 Å². The molecule has 0 saturated heterocycles. The second-order valence-electron chi connectivity index (χ2n) is 4.64. The van der Waals surface area contributed by atoms with Crippen LogP contribution in [0.4, 0.5) is 0 Å². The van der Waals surface area contributed by atoms with Crippen molar-refractivity contribution in [2.45, 2.75) is 13.1 Å². The Labute approximate surface area is 114 Å². The maximum Gasteiger partial charge on any atom is 0.276 e. The van der Waals surface area contributed by atoms with Crippen LogP contribution in [0.1, 0.15) is 16.1 Å². The van der Waals surface area contributed by atoms with E-state index in [4.69, 9.17) is 0 Å². The summed E-state index contributed by atoms with van der Waals surface area (Å²) in [4.78, 5) is 25.4. The molecule has 102 valence electrons. The minimum Gasteiger partial charge on any atom is -0.502 e. The number of nitrogens with zero attached hydrogens (tertiary/aromatic N) is 3. The van der Waals surface area contributed by atoms with Crippen LogP contribution in [-0.4, -0.2) is 32.2 Å². The maximum absolute atomic E-state index is 12.4. The number of benzene rings is 1. The zero-order valence-electron chi connectivity index (χ0n) is 10.7. The van der Waals surface area contributed by atoms with Crippen molar-refractivity contribution in [3.8, 4) is 5.75 Å². The van der Waals surface area contributed by atoms with Crippen molar-refractivity contribution >= 4 is 5.91 Å². The molecule has 0 unspecified atom stereocenters. The molecule has 1 N–H and O–H groups in total. The van der Waals surface area contributed by atoms with E-state index in [-0.39, 0.29) is 11.6 Å². The van der Waals surface area contributed by atoms with Crippen molar-refractivity contribution in [2.24, 2.45) is 0 Å². The molecule has 1 aliphatic heterocycles. The highest BCUT2D eigenvalue weighted by atomic mass is 16.3. The third kappa shape index (κ3) is 2.05. The summed E-state index contributed by atoms with van der Waals surface area (Å²) in [5, 5.41) is 13.6. The van der Waals surface area contributed by atoms with Gasteiger partial charge in [-0.15, -0.1) is 0 Å². The van der Waals surface area contributed by atoms with Gasteiger partial charge in [0.1, 0.15) is 0 Å². The minimum atomic E-state index is -0.633. The maximum atomic E-state index is 12.4. The van der Waals surface area contributed by atoms with Crippen LogP contribution in [0.5, 0.6) is 5.75 Å². The Hall–Kier alpha value is -2.63. The molecule has 1 amide bonds. The molecule has 3 rings (SSSR count). The van der Waals surface area contributed by atoms with Crippen LogP contribution in [0.2, 0.25) is 0 Å². The molecule has 0 saturated carbocycles. The van der Waals surface area contributed by atoms with E-state index in [1.165, 1.54) is 4.68 Å². The topological polar surface area (TPSA) is 75.4 Å². The number of amides is 1. The van der Waals surface area contributed by atoms with Crippen LogP contribution >= 0.6 is 0 Å². The highest BCUT2D eigenvalue weighted by Crippen LogP contribution is 2.19. The smallest absolute Gasteiger partial charge is 0.276 e. The molecular formula is C14H13N3O3. The average Bonchev–Trinajstić information content (AvgIpc) is 2.47. The summed E-state index contributed by atoms with van der Waals surface area (Å²) in [5.41, 5.74) is 0.339. The molecule has 0 atom stereocenters. The normalized spacial score (nSPS) is 14.2. The fraction of sp³-hybridized carbons (Fsp3) is 0.214. The summed E-state index contributed by atoms with van der Waals surface area (Å²) < 4.78 is 1.38. The zero-order chi connectivity index (χ0) is 14.1. The standard InChI is InChI=1S/C14H13N3O3/c18-11-8-15-17-7-6-16(14(20)12(17)13(11)19)9-10-4-2-1-3-5-10/h1-5,8,19H,6-7,9H2. The highest BCUT2D eigenvalue weighted by molar-refractivity contribution is 5.95. The lowest BCUT2D eigenvalue weighted by molar-refractivity contribution is 0.0673. The Kier molecular flexibility index (Phi) is 2.98. The molecule has 0 fully saturated rings. The molecular weight excluding hydrogens is 258 g/mol. The van der Waals surface area contributed by atoms with Crippen LogP contribution in [0.15, 0.2) is 41.3 Å². The number of rotatable bonds is 2.